The Kier molecular flexibility index (Phi) is 2.80. The predicted molar refractivity (Wildman–Crippen MR) is 36.5 cm³/mol. The number of carboxylic acid groups (broad SMARTS) is 1. The molecule has 60 valence electrons. The Labute approximate surface area is 59.9 Å². The van der Waals surface area contributed by atoms with Crippen molar-refractivity contribution in [2.75, 3.05) is 7.05 Å². The number of nitrogens with one attached hydrogen (secondary N) is 1. The maximum atomic E-state index is 10.4. The number of aliphatic carboxylic acids is 1. The summed E-state index contributed by atoms with van der Waals surface area (Å²) in [4.78, 5) is 10.4. The molecule has 0 radical (unpaired) electrons. The van der Waals surface area contributed by atoms with Crippen molar-refractivity contribution in [3.05, 3.63) is 0 Å². The molecule has 0 saturated heterocycles. The van der Waals surface area contributed by atoms with E-state index >= 15 is 0 Å². The van der Waals surface area contributed by atoms with Crippen LogP contribution in [0, 0.1) is 5.92 Å². The number of aliphatic hydroxyl groups is 1. The molecule has 0 aliphatic carbocycles. The zero-order chi connectivity index (χ0) is 8.36. The summed E-state index contributed by atoms with van der Waals surface area (Å²) in [5, 5.41) is 20.1. The summed E-state index contributed by atoms with van der Waals surface area (Å²) in [5.74, 6) is -1.60. The number of likely N-dealkylation sites (N-methyl/N-ethyl adjacent to an activating group) is 1. The molecule has 4 heteroatoms. The fourth-order valence-electron chi connectivity index (χ4n) is 0.643. The first-order chi connectivity index (χ1) is 4.45. The van der Waals surface area contributed by atoms with Crippen molar-refractivity contribution < 1.29 is 15.0 Å². The molecule has 1 atom stereocenters. The highest BCUT2D eigenvalue weighted by molar-refractivity contribution is 5.76. The highest BCUT2D eigenvalue weighted by Gasteiger charge is 2.37. The van der Waals surface area contributed by atoms with Crippen LogP contribution in [0.15, 0.2) is 0 Å². The van der Waals surface area contributed by atoms with Crippen molar-refractivity contribution in [3.63, 3.8) is 0 Å². The van der Waals surface area contributed by atoms with Gasteiger partial charge in [0.25, 0.3) is 0 Å². The number of carboxylic acids is 1. The first kappa shape index (κ1) is 9.39. The molecule has 0 unspecified atom stereocenters. The van der Waals surface area contributed by atoms with Gasteiger partial charge in [-0.1, -0.05) is 13.8 Å². The van der Waals surface area contributed by atoms with Gasteiger partial charge in [-0.2, -0.15) is 0 Å². The van der Waals surface area contributed by atoms with E-state index in [4.69, 9.17) is 5.11 Å². The van der Waals surface area contributed by atoms with Gasteiger partial charge in [-0.25, -0.2) is 4.79 Å². The van der Waals surface area contributed by atoms with E-state index in [2.05, 4.69) is 5.32 Å². The lowest BCUT2D eigenvalue weighted by Crippen LogP contribution is -2.54. The van der Waals surface area contributed by atoms with Crippen LogP contribution in [0.1, 0.15) is 13.8 Å². The molecule has 0 fully saturated rings. The number of rotatable bonds is 3. The SMILES string of the molecule is CN[C@](O)(C(=O)O)C(C)C. The lowest BCUT2D eigenvalue weighted by atomic mass is 10.0. The number of carbonyl (C=O) groups is 1. The number of hydrogen-bond acceptors (Lipinski definition) is 3. The summed E-state index contributed by atoms with van der Waals surface area (Å²) in [5.41, 5.74) is -1.79. The van der Waals surface area contributed by atoms with Gasteiger partial charge in [0, 0.05) is 5.92 Å². The van der Waals surface area contributed by atoms with Crippen molar-refractivity contribution in [3.8, 4) is 0 Å². The van der Waals surface area contributed by atoms with Gasteiger partial charge in [-0.3, -0.25) is 5.32 Å². The van der Waals surface area contributed by atoms with Gasteiger partial charge >= 0.3 is 5.97 Å². The largest absolute Gasteiger partial charge is 0.478 e. The van der Waals surface area contributed by atoms with E-state index in [9.17, 15) is 9.90 Å². The van der Waals surface area contributed by atoms with Crippen LogP contribution in [-0.2, 0) is 4.79 Å². The van der Waals surface area contributed by atoms with Crippen LogP contribution in [-0.4, -0.2) is 29.0 Å². The molecule has 0 aromatic heterocycles. The molecule has 0 aliphatic heterocycles. The van der Waals surface area contributed by atoms with Crippen molar-refractivity contribution in [2.45, 2.75) is 19.6 Å². The summed E-state index contributed by atoms with van der Waals surface area (Å²) in [6.07, 6.45) is 0. The second kappa shape index (κ2) is 2.98. The molecule has 0 heterocycles. The Hall–Kier alpha value is -0.610. The van der Waals surface area contributed by atoms with Crippen LogP contribution in [0.25, 0.3) is 0 Å². The molecule has 0 spiro atoms. The third-order valence-electron chi connectivity index (χ3n) is 1.54. The fraction of sp³-hybridized carbons (Fsp3) is 0.833. The van der Waals surface area contributed by atoms with Gasteiger partial charge in [-0.05, 0) is 7.05 Å². The monoisotopic (exact) mass is 147 g/mol. The second-order valence-electron chi connectivity index (χ2n) is 2.48. The van der Waals surface area contributed by atoms with Crippen LogP contribution in [0.3, 0.4) is 0 Å². The standard InChI is InChI=1S/C6H13NO3/c1-4(2)6(10,7-3)5(8)9/h4,7,10H,1-3H3,(H,8,9)/t6-/m1/s1. The minimum absolute atomic E-state index is 0.352. The minimum Gasteiger partial charge on any atom is -0.478 e. The van der Waals surface area contributed by atoms with Crippen molar-refractivity contribution in [1.82, 2.24) is 5.32 Å². The zero-order valence-corrected chi connectivity index (χ0v) is 6.38. The summed E-state index contributed by atoms with van der Waals surface area (Å²) in [6, 6.07) is 0. The maximum Gasteiger partial charge on any atom is 0.351 e. The Morgan fingerprint density at radius 3 is 2.00 bits per heavy atom. The van der Waals surface area contributed by atoms with Gasteiger partial charge in [0.2, 0.25) is 5.72 Å². The van der Waals surface area contributed by atoms with E-state index in [-0.39, 0.29) is 5.92 Å². The van der Waals surface area contributed by atoms with Crippen LogP contribution in [0.2, 0.25) is 0 Å². The van der Waals surface area contributed by atoms with Crippen LogP contribution in [0.4, 0.5) is 0 Å². The lowest BCUT2D eigenvalue weighted by molar-refractivity contribution is -0.167. The van der Waals surface area contributed by atoms with Gasteiger partial charge in [-0.15, -0.1) is 0 Å². The third kappa shape index (κ3) is 1.46. The Morgan fingerprint density at radius 2 is 2.00 bits per heavy atom. The van der Waals surface area contributed by atoms with Gasteiger partial charge in [0.05, 0.1) is 0 Å². The van der Waals surface area contributed by atoms with Gasteiger partial charge in [0.1, 0.15) is 0 Å². The molecule has 0 aromatic carbocycles. The third-order valence-corrected chi connectivity index (χ3v) is 1.54. The van der Waals surface area contributed by atoms with Gasteiger partial charge in [0.15, 0.2) is 0 Å². The van der Waals surface area contributed by atoms with E-state index in [0.29, 0.717) is 0 Å². The smallest absolute Gasteiger partial charge is 0.351 e. The fourth-order valence-corrected chi connectivity index (χ4v) is 0.643. The van der Waals surface area contributed by atoms with Gasteiger partial charge < -0.3 is 10.2 Å². The topological polar surface area (TPSA) is 69.6 Å². The second-order valence-corrected chi connectivity index (χ2v) is 2.48. The lowest BCUT2D eigenvalue weighted by Gasteiger charge is -2.26. The molecule has 0 rings (SSSR count). The van der Waals surface area contributed by atoms with Crippen LogP contribution < -0.4 is 5.32 Å². The highest BCUT2D eigenvalue weighted by atomic mass is 16.4. The quantitative estimate of drug-likeness (QED) is 0.476. The normalized spacial score (nSPS) is 16.9. The summed E-state index contributed by atoms with van der Waals surface area (Å²) >= 11 is 0. The molecule has 0 aliphatic rings. The van der Waals surface area contributed by atoms with E-state index in [1.54, 1.807) is 13.8 Å². The van der Waals surface area contributed by atoms with E-state index in [0.717, 1.165) is 0 Å². The summed E-state index contributed by atoms with van der Waals surface area (Å²) in [7, 11) is 1.41. The Bertz CT molecular complexity index is 135. The molecule has 4 nitrogen and oxygen atoms in total. The Morgan fingerprint density at radius 1 is 1.60 bits per heavy atom. The van der Waals surface area contributed by atoms with E-state index < -0.39 is 11.7 Å². The Balaban J connectivity index is 4.38. The minimum atomic E-state index is -1.79. The van der Waals surface area contributed by atoms with E-state index in [1.165, 1.54) is 7.05 Å². The van der Waals surface area contributed by atoms with Crippen molar-refractivity contribution in [2.24, 2.45) is 5.92 Å². The highest BCUT2D eigenvalue weighted by Crippen LogP contribution is 2.12. The molecule has 0 aromatic rings. The van der Waals surface area contributed by atoms with Crippen molar-refractivity contribution in [1.29, 1.82) is 0 Å². The molecule has 0 saturated carbocycles. The average molecular weight is 147 g/mol. The molecule has 3 N–H and O–H groups in total. The first-order valence-electron chi connectivity index (χ1n) is 3.09. The zero-order valence-electron chi connectivity index (χ0n) is 6.38. The van der Waals surface area contributed by atoms with Crippen LogP contribution >= 0.6 is 0 Å². The molecular formula is C6H13NO3. The predicted octanol–water partition coefficient (Wildman–Crippen LogP) is -0.365. The van der Waals surface area contributed by atoms with E-state index in [1.807, 2.05) is 0 Å². The molecule has 0 bridgehead atoms. The van der Waals surface area contributed by atoms with Crippen LogP contribution in [0.5, 0.6) is 0 Å². The average Bonchev–Trinajstić information content (AvgIpc) is 1.85. The molecule has 10 heavy (non-hydrogen) atoms. The summed E-state index contributed by atoms with van der Waals surface area (Å²) < 4.78 is 0. The molecule has 0 amide bonds. The maximum absolute atomic E-state index is 10.4. The summed E-state index contributed by atoms with van der Waals surface area (Å²) in [6.45, 7) is 3.26. The van der Waals surface area contributed by atoms with Crippen molar-refractivity contribution >= 4 is 5.97 Å². The first-order valence-corrected chi connectivity index (χ1v) is 3.09. The number of hydrogen-bond donors (Lipinski definition) is 3. The molecular weight excluding hydrogens is 134 g/mol.